The molecule has 1 amide bonds. The Hall–Kier alpha value is -4.08. The molecule has 1 N–H and O–H groups in total. The zero-order valence-corrected chi connectivity index (χ0v) is 31.4. The molecule has 50 heavy (non-hydrogen) atoms. The number of alkyl carbamates (subject to hydrolysis) is 1. The first kappa shape index (κ1) is 38.7. The van der Waals surface area contributed by atoms with Crippen molar-refractivity contribution in [3.8, 4) is 11.5 Å². The zero-order chi connectivity index (χ0) is 35.9. The molecular formula is C41H59N5O4. The Bertz CT molecular complexity index is 1570. The van der Waals surface area contributed by atoms with Gasteiger partial charge in [0.1, 0.15) is 29.5 Å². The van der Waals surface area contributed by atoms with Gasteiger partial charge in [-0.1, -0.05) is 70.2 Å². The van der Waals surface area contributed by atoms with Gasteiger partial charge in [-0.3, -0.25) is 0 Å². The van der Waals surface area contributed by atoms with E-state index in [0.29, 0.717) is 19.6 Å². The maximum absolute atomic E-state index is 13.3. The van der Waals surface area contributed by atoms with E-state index in [1.165, 1.54) is 0 Å². The fourth-order valence-corrected chi connectivity index (χ4v) is 6.08. The quantitative estimate of drug-likeness (QED) is 0.0939. The molecular weight excluding hydrogens is 626 g/mol. The molecule has 272 valence electrons. The second-order valence-electron chi connectivity index (χ2n) is 13.7. The summed E-state index contributed by atoms with van der Waals surface area (Å²) in [6.45, 7) is 22.4. The molecule has 0 radical (unpaired) electrons. The number of amides is 1. The monoisotopic (exact) mass is 685 g/mol. The minimum absolute atomic E-state index is 0.430. The molecule has 9 nitrogen and oxygen atoms in total. The van der Waals surface area contributed by atoms with Gasteiger partial charge in [0.05, 0.1) is 23.7 Å². The van der Waals surface area contributed by atoms with Crippen LogP contribution in [-0.2, 0) is 24.3 Å². The van der Waals surface area contributed by atoms with Crippen LogP contribution in [0.15, 0.2) is 72.8 Å². The van der Waals surface area contributed by atoms with Crippen molar-refractivity contribution in [3.05, 3.63) is 89.7 Å². The number of rotatable bonds is 20. The van der Waals surface area contributed by atoms with Crippen LogP contribution in [0.1, 0.15) is 84.3 Å². The zero-order valence-electron chi connectivity index (χ0n) is 31.4. The number of carbonyl (C=O) groups excluding carboxylic acids is 1. The Morgan fingerprint density at radius 3 is 2.08 bits per heavy atom. The van der Waals surface area contributed by atoms with Crippen molar-refractivity contribution in [2.24, 2.45) is 0 Å². The predicted molar refractivity (Wildman–Crippen MR) is 203 cm³/mol. The van der Waals surface area contributed by atoms with Crippen LogP contribution in [0, 0.1) is 0 Å². The second-order valence-corrected chi connectivity index (χ2v) is 13.7. The molecule has 0 fully saturated rings. The summed E-state index contributed by atoms with van der Waals surface area (Å²) in [4.78, 5) is 23.3. The van der Waals surface area contributed by atoms with Crippen LogP contribution in [0.2, 0.25) is 0 Å². The summed E-state index contributed by atoms with van der Waals surface area (Å²) in [6.07, 6.45) is 1.98. The molecule has 0 aliphatic heterocycles. The first-order chi connectivity index (χ1) is 24.1. The van der Waals surface area contributed by atoms with Gasteiger partial charge in [-0.25, -0.2) is 9.78 Å². The van der Waals surface area contributed by atoms with Gasteiger partial charge >= 0.3 is 6.09 Å². The number of hydrogen-bond acceptors (Lipinski definition) is 7. The molecule has 0 bridgehead atoms. The van der Waals surface area contributed by atoms with Crippen LogP contribution in [-0.4, -0.2) is 76.9 Å². The average molecular weight is 686 g/mol. The van der Waals surface area contributed by atoms with E-state index in [1.807, 2.05) is 63.2 Å². The van der Waals surface area contributed by atoms with Gasteiger partial charge in [0, 0.05) is 25.6 Å². The van der Waals surface area contributed by atoms with Crippen LogP contribution >= 0.6 is 0 Å². The summed E-state index contributed by atoms with van der Waals surface area (Å²) in [7, 11) is 0. The molecule has 3 aromatic carbocycles. The summed E-state index contributed by atoms with van der Waals surface area (Å²) in [5.41, 5.74) is 3.41. The lowest BCUT2D eigenvalue weighted by Gasteiger charge is -2.25. The van der Waals surface area contributed by atoms with E-state index < -0.39 is 17.7 Å². The number of fused-ring (bicyclic) bond motifs is 1. The third-order valence-corrected chi connectivity index (χ3v) is 8.90. The van der Waals surface area contributed by atoms with Gasteiger partial charge in [0.2, 0.25) is 0 Å². The SMILES string of the molecule is CCN(CC)CCCOc1ccc2nc([C@@H](Cc3ccc(OCc4ccccc4)cc3)NC(=O)OC(C)(C)C)n(CCCN(CC)CC)c2c1. The number of hydrogen-bond donors (Lipinski definition) is 1. The number of benzene rings is 3. The van der Waals surface area contributed by atoms with E-state index in [-0.39, 0.29) is 0 Å². The number of ether oxygens (including phenoxy) is 3. The summed E-state index contributed by atoms with van der Waals surface area (Å²) in [6, 6.07) is 23.9. The first-order valence-electron chi connectivity index (χ1n) is 18.4. The van der Waals surface area contributed by atoms with Gasteiger partial charge in [0.15, 0.2) is 0 Å². The largest absolute Gasteiger partial charge is 0.493 e. The highest BCUT2D eigenvalue weighted by molar-refractivity contribution is 5.78. The standard InChI is InChI=1S/C41H59N5O4/c1-8-44(9-2)25-15-27-46-38-30-35(48-28-16-26-45(10-3)11-4)23-24-36(38)42-39(46)37(43-40(47)50-41(5,6)7)29-32-19-21-34(22-20-32)49-31-33-17-13-12-14-18-33/h12-14,17-24,30,37H,8-11,15-16,25-29,31H2,1-7H3,(H,43,47)/t37-/m1/s1. The van der Waals surface area contributed by atoms with E-state index in [1.54, 1.807) is 0 Å². The Labute approximate surface area is 299 Å². The number of nitrogens with zero attached hydrogens (tertiary/aromatic N) is 4. The van der Waals surface area contributed by atoms with Gasteiger partial charge in [0.25, 0.3) is 0 Å². The van der Waals surface area contributed by atoms with Gasteiger partial charge < -0.3 is 33.9 Å². The van der Waals surface area contributed by atoms with Gasteiger partial charge in [-0.2, -0.15) is 0 Å². The Morgan fingerprint density at radius 2 is 1.44 bits per heavy atom. The average Bonchev–Trinajstić information content (AvgIpc) is 3.47. The van der Waals surface area contributed by atoms with Crippen molar-refractivity contribution in [1.29, 1.82) is 0 Å². The van der Waals surface area contributed by atoms with E-state index in [0.717, 1.165) is 98.1 Å². The topological polar surface area (TPSA) is 81.1 Å². The number of imidazole rings is 1. The van der Waals surface area contributed by atoms with Crippen molar-refractivity contribution < 1.29 is 19.0 Å². The highest BCUT2D eigenvalue weighted by Crippen LogP contribution is 2.28. The fraction of sp³-hybridized carbons (Fsp3) is 0.512. The Kier molecular flexibility index (Phi) is 15.0. The summed E-state index contributed by atoms with van der Waals surface area (Å²) in [5, 5.41) is 3.18. The fourth-order valence-electron chi connectivity index (χ4n) is 6.08. The number of aryl methyl sites for hydroxylation is 1. The van der Waals surface area contributed by atoms with Crippen LogP contribution in [0.5, 0.6) is 11.5 Å². The van der Waals surface area contributed by atoms with E-state index >= 15 is 0 Å². The van der Waals surface area contributed by atoms with Crippen LogP contribution < -0.4 is 14.8 Å². The van der Waals surface area contributed by atoms with Crippen LogP contribution in [0.25, 0.3) is 11.0 Å². The maximum atomic E-state index is 13.3. The maximum Gasteiger partial charge on any atom is 0.408 e. The van der Waals surface area contributed by atoms with Crippen molar-refractivity contribution >= 4 is 17.1 Å². The molecule has 0 unspecified atom stereocenters. The Morgan fingerprint density at radius 1 is 0.800 bits per heavy atom. The molecule has 1 aromatic heterocycles. The summed E-state index contributed by atoms with van der Waals surface area (Å²) < 4.78 is 20.3. The molecule has 4 aromatic rings. The number of aromatic nitrogens is 2. The highest BCUT2D eigenvalue weighted by Gasteiger charge is 2.26. The van der Waals surface area contributed by atoms with Crippen molar-refractivity contribution in [2.45, 2.75) is 92.5 Å². The van der Waals surface area contributed by atoms with Crippen LogP contribution in [0.4, 0.5) is 4.79 Å². The lowest BCUT2D eigenvalue weighted by molar-refractivity contribution is 0.0500. The van der Waals surface area contributed by atoms with Crippen molar-refractivity contribution in [2.75, 3.05) is 45.9 Å². The Balaban J connectivity index is 1.62. The minimum atomic E-state index is -0.631. The predicted octanol–water partition coefficient (Wildman–Crippen LogP) is 8.27. The minimum Gasteiger partial charge on any atom is -0.493 e. The number of carbonyl (C=O) groups is 1. The van der Waals surface area contributed by atoms with E-state index in [4.69, 9.17) is 19.2 Å². The molecule has 0 spiro atoms. The molecule has 9 heteroatoms. The third kappa shape index (κ3) is 12.1. The number of nitrogens with one attached hydrogen (secondary N) is 1. The lowest BCUT2D eigenvalue weighted by atomic mass is 10.0. The van der Waals surface area contributed by atoms with E-state index in [2.05, 4.69) is 77.7 Å². The molecule has 0 saturated carbocycles. The molecule has 0 aliphatic carbocycles. The van der Waals surface area contributed by atoms with Crippen molar-refractivity contribution in [1.82, 2.24) is 24.7 Å². The van der Waals surface area contributed by atoms with Gasteiger partial charge in [-0.05, 0) is 102 Å². The molecule has 0 saturated heterocycles. The molecule has 4 rings (SSSR count). The third-order valence-electron chi connectivity index (χ3n) is 8.90. The molecule has 1 heterocycles. The highest BCUT2D eigenvalue weighted by atomic mass is 16.6. The lowest BCUT2D eigenvalue weighted by Crippen LogP contribution is -2.37. The second kappa shape index (κ2) is 19.3. The molecule has 0 aliphatic rings. The molecule has 1 atom stereocenters. The van der Waals surface area contributed by atoms with Crippen LogP contribution in [0.3, 0.4) is 0 Å². The summed E-state index contributed by atoms with van der Waals surface area (Å²) >= 11 is 0. The normalized spacial score (nSPS) is 12.4. The van der Waals surface area contributed by atoms with Gasteiger partial charge in [-0.15, -0.1) is 0 Å². The first-order valence-corrected chi connectivity index (χ1v) is 18.4. The summed E-state index contributed by atoms with van der Waals surface area (Å²) in [5.74, 6) is 2.42. The van der Waals surface area contributed by atoms with E-state index in [9.17, 15) is 4.79 Å². The van der Waals surface area contributed by atoms with Crippen molar-refractivity contribution in [3.63, 3.8) is 0 Å². The smallest absolute Gasteiger partial charge is 0.408 e.